The van der Waals surface area contributed by atoms with Gasteiger partial charge in [-0.25, -0.2) is 0 Å². The first-order valence-corrected chi connectivity index (χ1v) is 5.32. The van der Waals surface area contributed by atoms with E-state index in [1.807, 2.05) is 6.92 Å². The average Bonchev–Trinajstić information content (AvgIpc) is 2.23. The summed E-state index contributed by atoms with van der Waals surface area (Å²) < 4.78 is 0. The van der Waals surface area contributed by atoms with E-state index in [9.17, 15) is 9.59 Å². The fourth-order valence-corrected chi connectivity index (χ4v) is 1.29. The van der Waals surface area contributed by atoms with Gasteiger partial charge in [0.05, 0.1) is 6.54 Å². The molecule has 1 amide bonds. The number of carboxylic acids is 1. The molecule has 16 heavy (non-hydrogen) atoms. The molecule has 0 aliphatic carbocycles. The molecule has 0 saturated heterocycles. The van der Waals surface area contributed by atoms with Crippen LogP contribution in [0.25, 0.3) is 0 Å². The zero-order valence-electron chi connectivity index (χ0n) is 9.88. The number of hydrogen-bond acceptors (Lipinski definition) is 3. The first kappa shape index (κ1) is 14.6. The lowest BCUT2D eigenvalue weighted by Gasteiger charge is -2.25. The molecule has 0 rings (SSSR count). The zero-order chi connectivity index (χ0) is 12.6. The molecule has 0 radical (unpaired) electrons. The van der Waals surface area contributed by atoms with Crippen molar-refractivity contribution in [1.82, 2.24) is 10.6 Å². The van der Waals surface area contributed by atoms with Crippen LogP contribution in [0, 0.1) is 0 Å². The van der Waals surface area contributed by atoms with Gasteiger partial charge < -0.3 is 10.4 Å². The number of carbonyl (C=O) groups is 2. The molecule has 1 unspecified atom stereocenters. The van der Waals surface area contributed by atoms with Gasteiger partial charge in [0, 0.05) is 6.54 Å². The summed E-state index contributed by atoms with van der Waals surface area (Å²) in [7, 11) is 0. The van der Waals surface area contributed by atoms with Crippen molar-refractivity contribution >= 4 is 11.9 Å². The van der Waals surface area contributed by atoms with Gasteiger partial charge in [-0.3, -0.25) is 14.9 Å². The number of rotatable bonds is 8. The van der Waals surface area contributed by atoms with Crippen LogP contribution in [-0.2, 0) is 9.59 Å². The van der Waals surface area contributed by atoms with Gasteiger partial charge in [-0.2, -0.15) is 0 Å². The Morgan fingerprint density at radius 1 is 1.50 bits per heavy atom. The molecule has 0 aromatic carbocycles. The van der Waals surface area contributed by atoms with Gasteiger partial charge in [0.25, 0.3) is 0 Å². The molecule has 0 bridgehead atoms. The molecule has 0 fully saturated rings. The Morgan fingerprint density at radius 3 is 2.56 bits per heavy atom. The second-order valence-corrected chi connectivity index (χ2v) is 3.83. The highest BCUT2D eigenvalue weighted by molar-refractivity contribution is 5.81. The van der Waals surface area contributed by atoms with E-state index in [-0.39, 0.29) is 12.5 Å². The van der Waals surface area contributed by atoms with Crippen LogP contribution in [0.4, 0.5) is 0 Å². The Kier molecular flexibility index (Phi) is 6.41. The minimum atomic E-state index is -1.04. The van der Waals surface area contributed by atoms with E-state index in [4.69, 9.17) is 5.11 Å². The van der Waals surface area contributed by atoms with Crippen LogP contribution in [0.2, 0.25) is 0 Å². The molecule has 0 saturated carbocycles. The Hall–Kier alpha value is -1.36. The van der Waals surface area contributed by atoms with Gasteiger partial charge in [-0.05, 0) is 13.3 Å². The van der Waals surface area contributed by atoms with Crippen LogP contribution in [0.1, 0.15) is 26.7 Å². The van der Waals surface area contributed by atoms with Crippen LogP contribution in [0.5, 0.6) is 0 Å². The van der Waals surface area contributed by atoms with Gasteiger partial charge in [0.15, 0.2) is 0 Å². The molecular formula is C11H20N2O3. The Morgan fingerprint density at radius 2 is 2.12 bits per heavy atom. The lowest BCUT2D eigenvalue weighted by atomic mass is 9.96. The van der Waals surface area contributed by atoms with Crippen molar-refractivity contribution in [3.05, 3.63) is 12.7 Å². The van der Waals surface area contributed by atoms with Crippen LogP contribution >= 0.6 is 0 Å². The molecule has 0 aromatic heterocycles. The molecule has 0 aromatic rings. The first-order chi connectivity index (χ1) is 7.46. The quantitative estimate of drug-likeness (QED) is 0.529. The summed E-state index contributed by atoms with van der Waals surface area (Å²) in [6.07, 6.45) is 2.79. The largest absolute Gasteiger partial charge is 0.480 e. The third-order valence-corrected chi connectivity index (χ3v) is 2.30. The maximum Gasteiger partial charge on any atom is 0.323 e. The molecule has 5 nitrogen and oxygen atoms in total. The maximum atomic E-state index is 11.3. The summed E-state index contributed by atoms with van der Waals surface area (Å²) in [6.45, 7) is 7.34. The third-order valence-electron chi connectivity index (χ3n) is 2.30. The predicted octanol–water partition coefficient (Wildman–Crippen LogP) is 0.522. The minimum Gasteiger partial charge on any atom is -0.480 e. The zero-order valence-corrected chi connectivity index (χ0v) is 9.88. The van der Waals surface area contributed by atoms with E-state index in [0.29, 0.717) is 13.0 Å². The molecule has 0 aliphatic heterocycles. The standard InChI is InChI=1S/C11H20N2O3/c1-4-6-11(3,10(15)16)13-8-9(14)12-7-5-2/h5,13H,2,4,6-8H2,1,3H3,(H,12,14)(H,15,16). The highest BCUT2D eigenvalue weighted by Gasteiger charge is 2.31. The summed E-state index contributed by atoms with van der Waals surface area (Å²) in [5.74, 6) is -1.17. The second-order valence-electron chi connectivity index (χ2n) is 3.83. The number of nitrogens with one attached hydrogen (secondary N) is 2. The number of hydrogen-bond donors (Lipinski definition) is 3. The average molecular weight is 228 g/mol. The van der Waals surface area contributed by atoms with E-state index in [1.54, 1.807) is 13.0 Å². The topological polar surface area (TPSA) is 78.4 Å². The fraction of sp³-hybridized carbons (Fsp3) is 0.636. The summed E-state index contributed by atoms with van der Waals surface area (Å²) in [4.78, 5) is 22.3. The van der Waals surface area contributed by atoms with Gasteiger partial charge in [0.1, 0.15) is 5.54 Å². The minimum absolute atomic E-state index is 0.00333. The Balaban J connectivity index is 4.16. The van der Waals surface area contributed by atoms with Gasteiger partial charge in [-0.15, -0.1) is 6.58 Å². The van der Waals surface area contributed by atoms with E-state index in [0.717, 1.165) is 6.42 Å². The lowest BCUT2D eigenvalue weighted by molar-refractivity contribution is -0.144. The molecule has 0 aliphatic rings. The number of amides is 1. The van der Waals surface area contributed by atoms with Crippen molar-refractivity contribution in [2.24, 2.45) is 0 Å². The van der Waals surface area contributed by atoms with E-state index in [1.165, 1.54) is 0 Å². The van der Waals surface area contributed by atoms with Crippen molar-refractivity contribution in [3.63, 3.8) is 0 Å². The summed E-state index contributed by atoms with van der Waals surface area (Å²) >= 11 is 0. The van der Waals surface area contributed by atoms with Crippen molar-refractivity contribution in [2.75, 3.05) is 13.1 Å². The van der Waals surface area contributed by atoms with Crippen molar-refractivity contribution in [1.29, 1.82) is 0 Å². The highest BCUT2D eigenvalue weighted by atomic mass is 16.4. The van der Waals surface area contributed by atoms with Crippen molar-refractivity contribution in [2.45, 2.75) is 32.2 Å². The van der Waals surface area contributed by atoms with Crippen LogP contribution in [-0.4, -0.2) is 35.6 Å². The summed E-state index contributed by atoms with van der Waals surface area (Å²) in [6, 6.07) is 0. The van der Waals surface area contributed by atoms with Gasteiger partial charge >= 0.3 is 5.97 Å². The molecule has 1 atom stereocenters. The number of aliphatic carboxylic acids is 1. The monoisotopic (exact) mass is 228 g/mol. The van der Waals surface area contributed by atoms with Crippen molar-refractivity contribution in [3.8, 4) is 0 Å². The lowest BCUT2D eigenvalue weighted by Crippen LogP contribution is -2.52. The number of carboxylic acid groups (broad SMARTS) is 1. The molecule has 3 N–H and O–H groups in total. The SMILES string of the molecule is C=CCNC(=O)CNC(C)(CCC)C(=O)O. The molecule has 0 heterocycles. The molecular weight excluding hydrogens is 208 g/mol. The van der Waals surface area contributed by atoms with Crippen molar-refractivity contribution < 1.29 is 14.7 Å². The summed E-state index contributed by atoms with van der Waals surface area (Å²) in [5.41, 5.74) is -1.04. The van der Waals surface area contributed by atoms with Gasteiger partial charge in [-0.1, -0.05) is 19.4 Å². The predicted molar refractivity (Wildman–Crippen MR) is 62.2 cm³/mol. The Labute approximate surface area is 95.9 Å². The third kappa shape index (κ3) is 4.93. The van der Waals surface area contributed by atoms with E-state index >= 15 is 0 Å². The smallest absolute Gasteiger partial charge is 0.323 e. The van der Waals surface area contributed by atoms with Gasteiger partial charge in [0.2, 0.25) is 5.91 Å². The summed E-state index contributed by atoms with van der Waals surface area (Å²) in [5, 5.41) is 14.4. The Bertz CT molecular complexity index is 266. The van der Waals surface area contributed by atoms with Crippen LogP contribution < -0.4 is 10.6 Å². The maximum absolute atomic E-state index is 11.3. The molecule has 0 spiro atoms. The normalized spacial score (nSPS) is 13.9. The highest BCUT2D eigenvalue weighted by Crippen LogP contribution is 2.11. The molecule has 5 heteroatoms. The van der Waals surface area contributed by atoms with E-state index in [2.05, 4.69) is 17.2 Å². The second kappa shape index (κ2) is 7.00. The number of carbonyl (C=O) groups excluding carboxylic acids is 1. The van der Waals surface area contributed by atoms with E-state index < -0.39 is 11.5 Å². The fourth-order valence-electron chi connectivity index (χ4n) is 1.29. The van der Waals surface area contributed by atoms with Crippen LogP contribution in [0.15, 0.2) is 12.7 Å². The first-order valence-electron chi connectivity index (χ1n) is 5.32. The van der Waals surface area contributed by atoms with Crippen LogP contribution in [0.3, 0.4) is 0 Å². The molecule has 92 valence electrons.